The summed E-state index contributed by atoms with van der Waals surface area (Å²) in [5.41, 5.74) is 0.316. The van der Waals surface area contributed by atoms with Crippen molar-refractivity contribution in [3.63, 3.8) is 0 Å². The van der Waals surface area contributed by atoms with Crippen molar-refractivity contribution >= 4 is 11.9 Å². The summed E-state index contributed by atoms with van der Waals surface area (Å²) in [4.78, 5) is 31.1. The number of esters is 1. The molecule has 5 heteroatoms. The number of hydrogen-bond acceptors (Lipinski definition) is 4. The summed E-state index contributed by atoms with van der Waals surface area (Å²) in [5, 5.41) is 0. The van der Waals surface area contributed by atoms with Gasteiger partial charge in [-0.3, -0.25) is 14.6 Å². The quantitative estimate of drug-likeness (QED) is 0.783. The third kappa shape index (κ3) is 3.38. The fourth-order valence-electron chi connectivity index (χ4n) is 3.22. The molecule has 0 saturated carbocycles. The number of hydrogen-bond donors (Lipinski definition) is 0. The molecule has 0 aromatic carbocycles. The summed E-state index contributed by atoms with van der Waals surface area (Å²) in [7, 11) is 0. The molecule has 0 N–H and O–H groups in total. The molecule has 1 amide bonds. The van der Waals surface area contributed by atoms with E-state index in [9.17, 15) is 9.59 Å². The normalized spacial score (nSPS) is 22.2. The predicted octanol–water partition coefficient (Wildman–Crippen LogP) is 2.62. The van der Waals surface area contributed by atoms with E-state index in [0.29, 0.717) is 26.1 Å². The number of likely N-dealkylation sites (tertiary alicyclic amines) is 1. The van der Waals surface area contributed by atoms with Crippen LogP contribution in [0.4, 0.5) is 0 Å². The fourth-order valence-corrected chi connectivity index (χ4v) is 3.22. The smallest absolute Gasteiger partial charge is 0.314 e. The van der Waals surface area contributed by atoms with E-state index < -0.39 is 5.41 Å². The number of carbonyl (C=O) groups is 2. The van der Waals surface area contributed by atoms with Crippen LogP contribution in [-0.2, 0) is 14.3 Å². The van der Waals surface area contributed by atoms with Crippen molar-refractivity contribution in [1.82, 2.24) is 9.88 Å². The van der Waals surface area contributed by atoms with Gasteiger partial charge >= 0.3 is 5.97 Å². The second-order valence-electron chi connectivity index (χ2n) is 6.55. The van der Waals surface area contributed by atoms with Gasteiger partial charge < -0.3 is 9.64 Å². The number of carbonyl (C=O) groups excluding carboxylic acids is 2. The van der Waals surface area contributed by atoms with Crippen LogP contribution in [0.2, 0.25) is 0 Å². The summed E-state index contributed by atoms with van der Waals surface area (Å²) in [5.74, 6) is -0.258. The SMILES string of the molecule is CCOC(=O)[C@]1(C(C)C)CCN(C(=O)[C@H](C)c2cccnc2)C1. The van der Waals surface area contributed by atoms with Crippen LogP contribution in [0.5, 0.6) is 0 Å². The Kier molecular flexibility index (Phi) is 5.39. The molecule has 1 aliphatic rings. The summed E-state index contributed by atoms with van der Waals surface area (Å²) in [6.07, 6.45) is 4.08. The van der Waals surface area contributed by atoms with E-state index in [2.05, 4.69) is 4.98 Å². The average molecular weight is 318 g/mol. The highest BCUT2D eigenvalue weighted by Crippen LogP contribution is 2.40. The zero-order valence-corrected chi connectivity index (χ0v) is 14.4. The van der Waals surface area contributed by atoms with Gasteiger partial charge in [-0.25, -0.2) is 0 Å². The lowest BCUT2D eigenvalue weighted by molar-refractivity contribution is -0.157. The van der Waals surface area contributed by atoms with Crippen molar-refractivity contribution in [2.75, 3.05) is 19.7 Å². The topological polar surface area (TPSA) is 59.5 Å². The van der Waals surface area contributed by atoms with Gasteiger partial charge in [0.15, 0.2) is 0 Å². The molecule has 1 aliphatic heterocycles. The summed E-state index contributed by atoms with van der Waals surface area (Å²) >= 11 is 0. The third-order valence-electron chi connectivity index (χ3n) is 4.95. The maximum atomic E-state index is 12.8. The molecule has 0 unspecified atom stereocenters. The van der Waals surface area contributed by atoms with Crippen LogP contribution >= 0.6 is 0 Å². The van der Waals surface area contributed by atoms with Gasteiger partial charge in [-0.05, 0) is 37.8 Å². The van der Waals surface area contributed by atoms with Crippen LogP contribution in [0.1, 0.15) is 45.6 Å². The molecule has 126 valence electrons. The lowest BCUT2D eigenvalue weighted by atomic mass is 9.76. The average Bonchev–Trinajstić information content (AvgIpc) is 3.01. The molecular weight excluding hydrogens is 292 g/mol. The maximum Gasteiger partial charge on any atom is 0.314 e. The zero-order chi connectivity index (χ0) is 17.0. The third-order valence-corrected chi connectivity index (χ3v) is 4.95. The molecule has 23 heavy (non-hydrogen) atoms. The largest absolute Gasteiger partial charge is 0.466 e. The molecule has 1 aromatic rings. The van der Waals surface area contributed by atoms with Gasteiger partial charge in [0.05, 0.1) is 17.9 Å². The Morgan fingerprint density at radius 1 is 1.39 bits per heavy atom. The molecule has 1 aromatic heterocycles. The molecule has 5 nitrogen and oxygen atoms in total. The Labute approximate surface area is 138 Å². The number of pyridine rings is 1. The van der Waals surface area contributed by atoms with Crippen LogP contribution in [-0.4, -0.2) is 41.5 Å². The minimum atomic E-state index is -0.583. The van der Waals surface area contributed by atoms with Crippen LogP contribution in [0.15, 0.2) is 24.5 Å². The van der Waals surface area contributed by atoms with Crippen LogP contribution in [0.3, 0.4) is 0 Å². The summed E-state index contributed by atoms with van der Waals surface area (Å²) < 4.78 is 5.28. The van der Waals surface area contributed by atoms with Gasteiger partial charge in [0.2, 0.25) is 5.91 Å². The van der Waals surface area contributed by atoms with Gasteiger partial charge in [0.1, 0.15) is 0 Å². The highest BCUT2D eigenvalue weighted by Gasteiger charge is 2.49. The molecule has 2 rings (SSSR count). The number of nitrogens with zero attached hydrogens (tertiary/aromatic N) is 2. The molecule has 1 saturated heterocycles. The Balaban J connectivity index is 2.14. The highest BCUT2D eigenvalue weighted by atomic mass is 16.5. The van der Waals surface area contributed by atoms with Gasteiger partial charge in [0.25, 0.3) is 0 Å². The Morgan fingerprint density at radius 3 is 2.70 bits per heavy atom. The molecule has 2 atom stereocenters. The molecular formula is C18H26N2O3. The van der Waals surface area contributed by atoms with E-state index >= 15 is 0 Å². The van der Waals surface area contributed by atoms with E-state index in [1.165, 1.54) is 0 Å². The fraction of sp³-hybridized carbons (Fsp3) is 0.611. The Morgan fingerprint density at radius 2 is 2.13 bits per heavy atom. The molecule has 2 heterocycles. The number of rotatable bonds is 5. The van der Waals surface area contributed by atoms with E-state index in [1.807, 2.05) is 39.8 Å². The monoisotopic (exact) mass is 318 g/mol. The molecule has 0 radical (unpaired) electrons. The van der Waals surface area contributed by atoms with Crippen molar-refractivity contribution in [3.05, 3.63) is 30.1 Å². The van der Waals surface area contributed by atoms with E-state index in [4.69, 9.17) is 4.74 Å². The van der Waals surface area contributed by atoms with Gasteiger partial charge in [-0.2, -0.15) is 0 Å². The highest BCUT2D eigenvalue weighted by molar-refractivity contribution is 5.85. The number of ether oxygens (including phenoxy) is 1. The second-order valence-corrected chi connectivity index (χ2v) is 6.55. The van der Waals surface area contributed by atoms with E-state index in [0.717, 1.165) is 5.56 Å². The Hall–Kier alpha value is -1.91. The van der Waals surface area contributed by atoms with Crippen molar-refractivity contribution in [3.8, 4) is 0 Å². The van der Waals surface area contributed by atoms with E-state index in [1.54, 1.807) is 17.3 Å². The zero-order valence-electron chi connectivity index (χ0n) is 14.4. The van der Waals surface area contributed by atoms with Crippen molar-refractivity contribution < 1.29 is 14.3 Å². The first kappa shape index (κ1) is 17.4. The van der Waals surface area contributed by atoms with Crippen molar-refractivity contribution in [1.29, 1.82) is 0 Å². The lowest BCUT2D eigenvalue weighted by Gasteiger charge is -2.31. The van der Waals surface area contributed by atoms with Crippen LogP contribution in [0, 0.1) is 11.3 Å². The first-order chi connectivity index (χ1) is 10.9. The molecule has 0 spiro atoms. The van der Waals surface area contributed by atoms with Crippen molar-refractivity contribution in [2.24, 2.45) is 11.3 Å². The molecule has 0 bridgehead atoms. The molecule has 0 aliphatic carbocycles. The second kappa shape index (κ2) is 7.11. The molecule has 1 fully saturated rings. The number of aromatic nitrogens is 1. The summed E-state index contributed by atoms with van der Waals surface area (Å²) in [6, 6.07) is 3.74. The van der Waals surface area contributed by atoms with Crippen LogP contribution < -0.4 is 0 Å². The Bertz CT molecular complexity index is 559. The minimum absolute atomic E-state index is 0.0461. The summed E-state index contributed by atoms with van der Waals surface area (Å²) in [6.45, 7) is 9.15. The standard InChI is InChI=1S/C18H26N2O3/c1-5-23-17(22)18(13(2)3)8-10-20(12-18)16(21)14(4)15-7-6-9-19-11-15/h6-7,9,11,13-14H,5,8,10,12H2,1-4H3/t14-,18-/m1/s1. The van der Waals surface area contributed by atoms with Crippen LogP contribution in [0.25, 0.3) is 0 Å². The van der Waals surface area contributed by atoms with Gasteiger partial charge in [-0.1, -0.05) is 19.9 Å². The van der Waals surface area contributed by atoms with Crippen molar-refractivity contribution in [2.45, 2.75) is 40.0 Å². The predicted molar refractivity (Wildman–Crippen MR) is 87.8 cm³/mol. The lowest BCUT2D eigenvalue weighted by Crippen LogP contribution is -2.42. The first-order valence-corrected chi connectivity index (χ1v) is 8.28. The first-order valence-electron chi connectivity index (χ1n) is 8.28. The minimum Gasteiger partial charge on any atom is -0.466 e. The number of amides is 1. The van der Waals surface area contributed by atoms with Gasteiger partial charge in [-0.15, -0.1) is 0 Å². The van der Waals surface area contributed by atoms with Gasteiger partial charge in [0, 0.05) is 25.5 Å². The van der Waals surface area contributed by atoms with E-state index in [-0.39, 0.29) is 23.7 Å². The maximum absolute atomic E-state index is 12.8.